The van der Waals surface area contributed by atoms with Crippen LogP contribution in [-0.4, -0.2) is 47.7 Å². The summed E-state index contributed by atoms with van der Waals surface area (Å²) in [4.78, 5) is 13.9. The van der Waals surface area contributed by atoms with E-state index in [0.717, 1.165) is 32.4 Å². The number of carbonyl (C=O) groups is 1. The average molecular weight is 284 g/mol. The van der Waals surface area contributed by atoms with Crippen LogP contribution in [0, 0.1) is 5.41 Å². The number of carboxylic acid groups (broad SMARTS) is 1. The van der Waals surface area contributed by atoms with E-state index in [0.29, 0.717) is 11.8 Å². The summed E-state index contributed by atoms with van der Waals surface area (Å²) in [6.45, 7) is 12.8. The van der Waals surface area contributed by atoms with E-state index in [1.54, 1.807) is 0 Å². The van der Waals surface area contributed by atoms with Gasteiger partial charge in [-0.2, -0.15) is 0 Å². The van der Waals surface area contributed by atoms with Crippen LogP contribution in [0.1, 0.15) is 59.8 Å². The van der Waals surface area contributed by atoms with Gasteiger partial charge < -0.3 is 15.3 Å². The van der Waals surface area contributed by atoms with Crippen molar-refractivity contribution in [3.63, 3.8) is 0 Å². The molecule has 0 amide bonds. The van der Waals surface area contributed by atoms with Crippen molar-refractivity contribution >= 4 is 5.97 Å². The topological polar surface area (TPSA) is 52.6 Å². The van der Waals surface area contributed by atoms with E-state index in [1.807, 2.05) is 6.92 Å². The van der Waals surface area contributed by atoms with Crippen molar-refractivity contribution in [2.75, 3.05) is 26.2 Å². The molecule has 118 valence electrons. The molecule has 1 fully saturated rings. The highest BCUT2D eigenvalue weighted by atomic mass is 16.4. The summed E-state index contributed by atoms with van der Waals surface area (Å²) in [6.07, 6.45) is 5.01. The molecule has 0 aromatic rings. The zero-order chi connectivity index (χ0) is 15.2. The third kappa shape index (κ3) is 5.41. The number of aliphatic carboxylic acids is 1. The highest BCUT2D eigenvalue weighted by Crippen LogP contribution is 2.28. The highest BCUT2D eigenvalue weighted by Gasteiger charge is 2.32. The van der Waals surface area contributed by atoms with Crippen LogP contribution in [-0.2, 0) is 4.79 Å². The van der Waals surface area contributed by atoms with Gasteiger partial charge in [0, 0.05) is 6.54 Å². The van der Waals surface area contributed by atoms with Crippen LogP contribution in [0.3, 0.4) is 0 Å². The molecule has 0 aromatic carbocycles. The molecule has 1 saturated heterocycles. The lowest BCUT2D eigenvalue weighted by Crippen LogP contribution is -2.49. The lowest BCUT2D eigenvalue weighted by molar-refractivity contribution is -0.144. The van der Waals surface area contributed by atoms with Gasteiger partial charge in [-0.05, 0) is 64.1 Å². The van der Waals surface area contributed by atoms with Crippen LogP contribution < -0.4 is 5.32 Å². The lowest BCUT2D eigenvalue weighted by atomic mass is 9.93. The molecule has 0 bridgehead atoms. The zero-order valence-corrected chi connectivity index (χ0v) is 13.7. The SMILES string of the molecule is CCCNC(C)(CCCCN1CCC(C)(C)C1)C(=O)O. The monoisotopic (exact) mass is 284 g/mol. The molecule has 4 nitrogen and oxygen atoms in total. The maximum Gasteiger partial charge on any atom is 0.323 e. The van der Waals surface area contributed by atoms with Gasteiger partial charge in [-0.25, -0.2) is 0 Å². The third-order valence-electron chi connectivity index (χ3n) is 4.39. The molecule has 0 spiro atoms. The second-order valence-electron chi connectivity index (χ2n) is 7.21. The number of hydrogen-bond donors (Lipinski definition) is 2. The number of nitrogens with one attached hydrogen (secondary N) is 1. The van der Waals surface area contributed by atoms with E-state index in [2.05, 4.69) is 31.0 Å². The van der Waals surface area contributed by atoms with Gasteiger partial charge in [-0.1, -0.05) is 20.8 Å². The minimum atomic E-state index is -0.764. The molecular formula is C16H32N2O2. The fourth-order valence-corrected chi connectivity index (χ4v) is 2.90. The molecule has 4 heteroatoms. The van der Waals surface area contributed by atoms with Crippen LogP contribution in [0.5, 0.6) is 0 Å². The number of nitrogens with zero attached hydrogens (tertiary/aromatic N) is 1. The van der Waals surface area contributed by atoms with Gasteiger partial charge in [-0.3, -0.25) is 4.79 Å². The van der Waals surface area contributed by atoms with Gasteiger partial charge >= 0.3 is 5.97 Å². The second-order valence-corrected chi connectivity index (χ2v) is 7.21. The number of likely N-dealkylation sites (tertiary alicyclic amines) is 1. The summed E-state index contributed by atoms with van der Waals surface area (Å²) in [7, 11) is 0. The first kappa shape index (κ1) is 17.4. The Bertz CT molecular complexity index is 318. The number of hydrogen-bond acceptors (Lipinski definition) is 3. The minimum Gasteiger partial charge on any atom is -0.480 e. The maximum absolute atomic E-state index is 11.4. The first-order valence-electron chi connectivity index (χ1n) is 8.00. The van der Waals surface area contributed by atoms with Gasteiger partial charge in [0.2, 0.25) is 0 Å². The minimum absolute atomic E-state index is 0.457. The molecule has 1 unspecified atom stereocenters. The molecule has 0 aromatic heterocycles. The Morgan fingerprint density at radius 3 is 2.60 bits per heavy atom. The van der Waals surface area contributed by atoms with Gasteiger partial charge in [-0.15, -0.1) is 0 Å². The molecule has 20 heavy (non-hydrogen) atoms. The number of unbranched alkanes of at least 4 members (excludes halogenated alkanes) is 1. The van der Waals surface area contributed by atoms with E-state index >= 15 is 0 Å². The van der Waals surface area contributed by atoms with Crippen molar-refractivity contribution < 1.29 is 9.90 Å². The van der Waals surface area contributed by atoms with Crippen molar-refractivity contribution in [2.45, 2.75) is 65.3 Å². The summed E-state index contributed by atoms with van der Waals surface area (Å²) < 4.78 is 0. The standard InChI is InChI=1S/C16H32N2O2/c1-5-10-17-16(4,14(19)20)8-6-7-11-18-12-9-15(2,3)13-18/h17H,5-13H2,1-4H3,(H,19,20). The fourth-order valence-electron chi connectivity index (χ4n) is 2.90. The first-order chi connectivity index (χ1) is 9.29. The van der Waals surface area contributed by atoms with E-state index in [4.69, 9.17) is 0 Å². The summed E-state index contributed by atoms with van der Waals surface area (Å²) in [6, 6.07) is 0. The van der Waals surface area contributed by atoms with E-state index in [9.17, 15) is 9.90 Å². The predicted octanol–water partition coefficient (Wildman–Crippen LogP) is 2.73. The summed E-state index contributed by atoms with van der Waals surface area (Å²) in [5, 5.41) is 12.5. The largest absolute Gasteiger partial charge is 0.480 e. The summed E-state index contributed by atoms with van der Waals surface area (Å²) in [5.74, 6) is -0.728. The van der Waals surface area contributed by atoms with Crippen LogP contribution in [0.2, 0.25) is 0 Å². The lowest BCUT2D eigenvalue weighted by Gasteiger charge is -2.26. The summed E-state index contributed by atoms with van der Waals surface area (Å²) >= 11 is 0. The maximum atomic E-state index is 11.4. The molecule has 0 saturated carbocycles. The Morgan fingerprint density at radius 1 is 1.40 bits per heavy atom. The molecule has 1 rings (SSSR count). The van der Waals surface area contributed by atoms with Crippen LogP contribution in [0.15, 0.2) is 0 Å². The molecule has 1 heterocycles. The average Bonchev–Trinajstić information content (AvgIpc) is 2.71. The highest BCUT2D eigenvalue weighted by molar-refractivity contribution is 5.78. The van der Waals surface area contributed by atoms with Crippen molar-refractivity contribution in [1.82, 2.24) is 10.2 Å². The van der Waals surface area contributed by atoms with Crippen molar-refractivity contribution in [3.8, 4) is 0 Å². The van der Waals surface area contributed by atoms with Crippen LogP contribution >= 0.6 is 0 Å². The first-order valence-corrected chi connectivity index (χ1v) is 8.00. The molecule has 1 atom stereocenters. The molecule has 0 radical (unpaired) electrons. The smallest absolute Gasteiger partial charge is 0.323 e. The van der Waals surface area contributed by atoms with Gasteiger partial charge in [0.25, 0.3) is 0 Å². The number of rotatable bonds is 9. The fraction of sp³-hybridized carbons (Fsp3) is 0.938. The Kier molecular flexibility index (Phi) is 6.46. The van der Waals surface area contributed by atoms with E-state index in [1.165, 1.54) is 19.5 Å². The third-order valence-corrected chi connectivity index (χ3v) is 4.39. The molecular weight excluding hydrogens is 252 g/mol. The Balaban J connectivity index is 2.26. The van der Waals surface area contributed by atoms with Gasteiger partial charge in [0.15, 0.2) is 0 Å². The normalized spacial score (nSPS) is 21.8. The molecule has 1 aliphatic heterocycles. The quantitative estimate of drug-likeness (QED) is 0.639. The Morgan fingerprint density at radius 2 is 2.10 bits per heavy atom. The summed E-state index contributed by atoms with van der Waals surface area (Å²) in [5.41, 5.74) is -0.307. The van der Waals surface area contributed by atoms with Crippen molar-refractivity contribution in [3.05, 3.63) is 0 Å². The van der Waals surface area contributed by atoms with Crippen LogP contribution in [0.4, 0.5) is 0 Å². The van der Waals surface area contributed by atoms with Crippen molar-refractivity contribution in [1.29, 1.82) is 0 Å². The predicted molar refractivity (Wildman–Crippen MR) is 83.0 cm³/mol. The Hall–Kier alpha value is -0.610. The van der Waals surface area contributed by atoms with Gasteiger partial charge in [0.1, 0.15) is 5.54 Å². The van der Waals surface area contributed by atoms with E-state index < -0.39 is 11.5 Å². The number of carboxylic acids is 1. The van der Waals surface area contributed by atoms with Crippen LogP contribution in [0.25, 0.3) is 0 Å². The van der Waals surface area contributed by atoms with E-state index in [-0.39, 0.29) is 0 Å². The molecule has 1 aliphatic rings. The Labute approximate surface area is 123 Å². The molecule has 2 N–H and O–H groups in total. The molecule has 0 aliphatic carbocycles. The van der Waals surface area contributed by atoms with Crippen molar-refractivity contribution in [2.24, 2.45) is 5.41 Å². The zero-order valence-electron chi connectivity index (χ0n) is 13.7. The second kappa shape index (κ2) is 7.41. The van der Waals surface area contributed by atoms with Gasteiger partial charge in [0.05, 0.1) is 0 Å².